The average Bonchev–Trinajstić information content (AvgIpc) is 2.67. The molecule has 1 rings (SSSR count). The molecule has 0 spiro atoms. The Balaban J connectivity index is 2.77. The van der Waals surface area contributed by atoms with Crippen molar-refractivity contribution in [3.05, 3.63) is 11.3 Å². The molecule has 0 aliphatic carbocycles. The van der Waals surface area contributed by atoms with Crippen molar-refractivity contribution in [3.63, 3.8) is 0 Å². The first-order chi connectivity index (χ1) is 6.79. The summed E-state index contributed by atoms with van der Waals surface area (Å²) in [5.41, 5.74) is 1.58. The summed E-state index contributed by atoms with van der Waals surface area (Å²) >= 11 is 0. The zero-order valence-corrected chi connectivity index (χ0v) is 8.43. The normalized spacial score (nSPS) is 18.3. The molecule has 1 N–H and O–H groups in total. The fraction of sp³-hybridized carbons (Fsp3) is 0.545. The van der Waals surface area contributed by atoms with Crippen LogP contribution < -0.4 is 5.32 Å². The highest BCUT2D eigenvalue weighted by Crippen LogP contribution is 2.17. The number of nitrogens with one attached hydrogen (secondary N) is 1. The summed E-state index contributed by atoms with van der Waals surface area (Å²) in [6.45, 7) is 3.10. The number of hydrogen-bond donors (Lipinski definition) is 1. The zero-order chi connectivity index (χ0) is 10.4. The number of esters is 1. The van der Waals surface area contributed by atoms with Gasteiger partial charge in [0, 0.05) is 18.7 Å². The number of carbonyl (C=O) groups is 1. The molecule has 1 saturated heterocycles. The largest absolute Gasteiger partial charge is 0.463 e. The minimum atomic E-state index is -0.283. The van der Waals surface area contributed by atoms with Crippen molar-refractivity contribution >= 4 is 5.97 Å². The van der Waals surface area contributed by atoms with Crippen LogP contribution in [0.5, 0.6) is 0 Å². The summed E-state index contributed by atoms with van der Waals surface area (Å²) in [5.74, 6) is 2.20. The van der Waals surface area contributed by atoms with Gasteiger partial charge >= 0.3 is 5.97 Å². The van der Waals surface area contributed by atoms with Gasteiger partial charge in [-0.2, -0.15) is 0 Å². The Morgan fingerprint density at radius 2 is 2.50 bits per heavy atom. The lowest BCUT2D eigenvalue weighted by Crippen LogP contribution is -2.15. The maximum Gasteiger partial charge on any atom is 0.336 e. The maximum atomic E-state index is 11.5. The molecule has 3 heteroatoms. The first kappa shape index (κ1) is 10.6. The topological polar surface area (TPSA) is 38.3 Å². The van der Waals surface area contributed by atoms with Crippen LogP contribution in [-0.4, -0.2) is 19.1 Å². The van der Waals surface area contributed by atoms with Crippen molar-refractivity contribution in [2.45, 2.75) is 26.2 Å². The summed E-state index contributed by atoms with van der Waals surface area (Å²) in [5, 5.41) is 3.16. The summed E-state index contributed by atoms with van der Waals surface area (Å²) in [7, 11) is 0. The molecular weight excluding hydrogens is 178 g/mol. The highest BCUT2D eigenvalue weighted by atomic mass is 16.5. The second-order valence-electron chi connectivity index (χ2n) is 3.09. The lowest BCUT2D eigenvalue weighted by Gasteiger charge is -2.08. The second-order valence-corrected chi connectivity index (χ2v) is 3.09. The molecule has 0 bridgehead atoms. The molecule has 0 saturated carbocycles. The molecule has 0 aromatic rings. The van der Waals surface area contributed by atoms with Crippen LogP contribution in [-0.2, 0) is 9.53 Å². The highest BCUT2D eigenvalue weighted by Gasteiger charge is 2.18. The van der Waals surface area contributed by atoms with E-state index in [-0.39, 0.29) is 5.97 Å². The fourth-order valence-electron chi connectivity index (χ4n) is 1.47. The molecule has 0 atom stereocenters. The third-order valence-electron chi connectivity index (χ3n) is 2.11. The molecule has 1 aliphatic rings. The van der Waals surface area contributed by atoms with E-state index < -0.39 is 0 Å². The summed E-state index contributed by atoms with van der Waals surface area (Å²) < 4.78 is 4.94. The summed E-state index contributed by atoms with van der Waals surface area (Å²) in [6.07, 6.45) is 7.52. The van der Waals surface area contributed by atoms with Crippen LogP contribution >= 0.6 is 0 Å². The van der Waals surface area contributed by atoms with E-state index in [1.807, 2.05) is 0 Å². The molecular formula is C11H15NO2. The second kappa shape index (κ2) is 5.33. The van der Waals surface area contributed by atoms with Crippen LogP contribution in [0.4, 0.5) is 0 Å². The lowest BCUT2D eigenvalue weighted by molar-refractivity contribution is -0.138. The molecule has 0 amide bonds. The monoisotopic (exact) mass is 193 g/mol. The highest BCUT2D eigenvalue weighted by molar-refractivity contribution is 5.89. The molecule has 1 fully saturated rings. The number of terminal acetylenes is 1. The van der Waals surface area contributed by atoms with Gasteiger partial charge in [-0.05, 0) is 19.8 Å². The van der Waals surface area contributed by atoms with Crippen molar-refractivity contribution in [1.29, 1.82) is 0 Å². The fourth-order valence-corrected chi connectivity index (χ4v) is 1.47. The van der Waals surface area contributed by atoms with Gasteiger partial charge in [0.05, 0.1) is 12.2 Å². The molecule has 0 radical (unpaired) electrons. The van der Waals surface area contributed by atoms with Gasteiger partial charge in [0.25, 0.3) is 0 Å². The first-order valence-corrected chi connectivity index (χ1v) is 4.86. The van der Waals surface area contributed by atoms with Gasteiger partial charge in [-0.1, -0.05) is 0 Å². The van der Waals surface area contributed by atoms with Crippen LogP contribution in [0.15, 0.2) is 11.3 Å². The third kappa shape index (κ3) is 2.53. The van der Waals surface area contributed by atoms with Crippen LogP contribution in [0.25, 0.3) is 0 Å². The molecule has 0 aromatic carbocycles. The Morgan fingerprint density at radius 3 is 3.00 bits per heavy atom. The number of carbonyl (C=O) groups excluding carboxylic acids is 1. The molecule has 14 heavy (non-hydrogen) atoms. The van der Waals surface area contributed by atoms with E-state index in [0.29, 0.717) is 18.6 Å². The maximum absolute atomic E-state index is 11.5. The standard InChI is InChI=1S/C11H15NO2/c1-3-6-9(11(13)14-4-2)10-7-5-8-12-10/h1,12H,4-8H2,2H3/b10-9-. The lowest BCUT2D eigenvalue weighted by atomic mass is 10.1. The Kier molecular flexibility index (Phi) is 4.06. The Hall–Kier alpha value is -1.43. The predicted octanol–water partition coefficient (Wildman–Crippen LogP) is 1.21. The molecule has 0 unspecified atom stereocenters. The molecule has 76 valence electrons. The SMILES string of the molecule is C#CC/C(C(=O)OCC)=C1\CCCN1. The first-order valence-electron chi connectivity index (χ1n) is 4.86. The quantitative estimate of drug-likeness (QED) is 0.416. The number of ether oxygens (including phenoxy) is 1. The molecule has 0 aromatic heterocycles. The van der Waals surface area contributed by atoms with E-state index in [2.05, 4.69) is 11.2 Å². The van der Waals surface area contributed by atoms with E-state index in [1.54, 1.807) is 6.92 Å². The van der Waals surface area contributed by atoms with Crippen LogP contribution in [0.3, 0.4) is 0 Å². The van der Waals surface area contributed by atoms with Crippen molar-refractivity contribution in [2.75, 3.05) is 13.2 Å². The number of allylic oxidation sites excluding steroid dienone is 1. The van der Waals surface area contributed by atoms with Gasteiger partial charge in [-0.25, -0.2) is 4.79 Å². The Labute approximate surface area is 84.5 Å². The van der Waals surface area contributed by atoms with Crippen LogP contribution in [0, 0.1) is 12.3 Å². The minimum absolute atomic E-state index is 0.283. The summed E-state index contributed by atoms with van der Waals surface area (Å²) in [4.78, 5) is 11.5. The van der Waals surface area contributed by atoms with E-state index >= 15 is 0 Å². The van der Waals surface area contributed by atoms with E-state index in [9.17, 15) is 4.79 Å². The molecule has 1 heterocycles. The Bertz CT molecular complexity index is 278. The van der Waals surface area contributed by atoms with Crippen LogP contribution in [0.1, 0.15) is 26.2 Å². The number of hydrogen-bond acceptors (Lipinski definition) is 3. The number of rotatable bonds is 3. The molecule has 1 aliphatic heterocycles. The van der Waals surface area contributed by atoms with Gasteiger partial charge in [0.1, 0.15) is 0 Å². The average molecular weight is 193 g/mol. The van der Waals surface area contributed by atoms with Gasteiger partial charge in [-0.15, -0.1) is 12.3 Å². The van der Waals surface area contributed by atoms with Crippen LogP contribution in [0.2, 0.25) is 0 Å². The van der Waals surface area contributed by atoms with E-state index in [0.717, 1.165) is 25.1 Å². The third-order valence-corrected chi connectivity index (χ3v) is 2.11. The van der Waals surface area contributed by atoms with Crippen molar-refractivity contribution in [2.24, 2.45) is 0 Å². The van der Waals surface area contributed by atoms with E-state index in [1.165, 1.54) is 0 Å². The van der Waals surface area contributed by atoms with E-state index in [4.69, 9.17) is 11.2 Å². The van der Waals surface area contributed by atoms with Gasteiger partial charge < -0.3 is 10.1 Å². The predicted molar refractivity (Wildman–Crippen MR) is 54.3 cm³/mol. The van der Waals surface area contributed by atoms with Gasteiger partial charge in [-0.3, -0.25) is 0 Å². The van der Waals surface area contributed by atoms with Gasteiger partial charge in [0.2, 0.25) is 0 Å². The summed E-state index contributed by atoms with van der Waals surface area (Å²) in [6, 6.07) is 0. The minimum Gasteiger partial charge on any atom is -0.463 e. The van der Waals surface area contributed by atoms with Crippen molar-refractivity contribution in [3.8, 4) is 12.3 Å². The van der Waals surface area contributed by atoms with Crippen molar-refractivity contribution < 1.29 is 9.53 Å². The molecule has 3 nitrogen and oxygen atoms in total. The Morgan fingerprint density at radius 1 is 1.71 bits per heavy atom. The smallest absolute Gasteiger partial charge is 0.336 e. The van der Waals surface area contributed by atoms with Gasteiger partial charge in [0.15, 0.2) is 0 Å². The zero-order valence-electron chi connectivity index (χ0n) is 8.43. The van der Waals surface area contributed by atoms with Crippen molar-refractivity contribution in [1.82, 2.24) is 5.32 Å².